The maximum Gasteiger partial charge on any atom is 0.234 e. The van der Waals surface area contributed by atoms with Gasteiger partial charge in [0.15, 0.2) is 11.5 Å². The summed E-state index contributed by atoms with van der Waals surface area (Å²) in [7, 11) is 4.20. The highest BCUT2D eigenvalue weighted by Crippen LogP contribution is 2.15. The summed E-state index contributed by atoms with van der Waals surface area (Å²) in [5.74, 6) is 0.839. The van der Waals surface area contributed by atoms with Gasteiger partial charge < -0.3 is 14.6 Å². The van der Waals surface area contributed by atoms with Crippen LogP contribution in [-0.2, 0) is 11.2 Å². The Bertz CT molecular complexity index is 649. The molecule has 0 radical (unpaired) electrons. The lowest BCUT2D eigenvalue weighted by Crippen LogP contribution is -2.38. The van der Waals surface area contributed by atoms with E-state index >= 15 is 0 Å². The Labute approximate surface area is 142 Å². The van der Waals surface area contributed by atoms with E-state index in [-0.39, 0.29) is 5.91 Å². The largest absolute Gasteiger partial charge is 0.441 e. The van der Waals surface area contributed by atoms with Gasteiger partial charge in [-0.1, -0.05) is 12.1 Å². The van der Waals surface area contributed by atoms with Crippen molar-refractivity contribution >= 4 is 17.0 Å². The molecular weight excluding hydrogens is 304 g/mol. The van der Waals surface area contributed by atoms with Gasteiger partial charge in [-0.05, 0) is 39.1 Å². The fourth-order valence-electron chi connectivity index (χ4n) is 3.13. The van der Waals surface area contributed by atoms with Gasteiger partial charge in [-0.3, -0.25) is 9.69 Å². The molecule has 0 aliphatic carbocycles. The van der Waals surface area contributed by atoms with Crippen molar-refractivity contribution in [3.05, 3.63) is 30.2 Å². The van der Waals surface area contributed by atoms with E-state index in [0.717, 1.165) is 49.3 Å². The number of nitrogens with zero attached hydrogens (tertiary/aromatic N) is 3. The van der Waals surface area contributed by atoms with Crippen molar-refractivity contribution in [2.45, 2.75) is 25.3 Å². The van der Waals surface area contributed by atoms with Crippen molar-refractivity contribution in [2.75, 3.05) is 40.3 Å². The van der Waals surface area contributed by atoms with Gasteiger partial charge in [-0.15, -0.1) is 0 Å². The molecule has 1 aromatic heterocycles. The second kappa shape index (κ2) is 7.77. The Morgan fingerprint density at radius 2 is 2.25 bits per heavy atom. The van der Waals surface area contributed by atoms with Crippen molar-refractivity contribution in [2.24, 2.45) is 0 Å². The normalized spacial score (nSPS) is 18.5. The molecular formula is C18H26N4O2. The minimum absolute atomic E-state index is 0.104. The van der Waals surface area contributed by atoms with Crippen LogP contribution in [0.2, 0.25) is 0 Å². The zero-order chi connectivity index (χ0) is 16.9. The van der Waals surface area contributed by atoms with E-state index in [1.807, 2.05) is 24.3 Å². The molecule has 24 heavy (non-hydrogen) atoms. The fourth-order valence-corrected chi connectivity index (χ4v) is 3.13. The molecule has 1 saturated heterocycles. The van der Waals surface area contributed by atoms with Crippen LogP contribution in [0, 0.1) is 0 Å². The van der Waals surface area contributed by atoms with Gasteiger partial charge in [0, 0.05) is 32.1 Å². The molecule has 3 rings (SSSR count). The van der Waals surface area contributed by atoms with Gasteiger partial charge in [0.05, 0.1) is 6.54 Å². The molecule has 0 saturated carbocycles. The first-order chi connectivity index (χ1) is 11.6. The van der Waals surface area contributed by atoms with Gasteiger partial charge >= 0.3 is 0 Å². The molecule has 1 aliphatic rings. The quantitative estimate of drug-likeness (QED) is 0.780. The number of oxazole rings is 1. The van der Waals surface area contributed by atoms with Crippen LogP contribution in [0.15, 0.2) is 28.7 Å². The third kappa shape index (κ3) is 4.33. The number of hydrogen-bond donors (Lipinski definition) is 1. The van der Waals surface area contributed by atoms with Crippen LogP contribution in [0.5, 0.6) is 0 Å². The van der Waals surface area contributed by atoms with E-state index in [9.17, 15) is 4.79 Å². The number of hydrogen-bond acceptors (Lipinski definition) is 5. The topological polar surface area (TPSA) is 61.6 Å². The number of fused-ring (bicyclic) bond motifs is 1. The van der Waals surface area contributed by atoms with Crippen LogP contribution in [0.4, 0.5) is 0 Å². The van der Waals surface area contributed by atoms with Crippen molar-refractivity contribution in [1.82, 2.24) is 20.1 Å². The molecule has 1 aliphatic heterocycles. The summed E-state index contributed by atoms with van der Waals surface area (Å²) in [6.45, 7) is 3.12. The molecule has 0 unspecified atom stereocenters. The van der Waals surface area contributed by atoms with E-state index < -0.39 is 0 Å². The molecule has 2 heterocycles. The Morgan fingerprint density at radius 3 is 3.00 bits per heavy atom. The van der Waals surface area contributed by atoms with Crippen LogP contribution in [0.1, 0.15) is 18.7 Å². The number of carbonyl (C=O) groups excluding carboxylic acids is 1. The Kier molecular flexibility index (Phi) is 5.48. The van der Waals surface area contributed by atoms with Crippen LogP contribution >= 0.6 is 0 Å². The molecule has 1 atom stereocenters. The summed E-state index contributed by atoms with van der Waals surface area (Å²) in [6, 6.07) is 8.33. The van der Waals surface area contributed by atoms with Crippen molar-refractivity contribution in [3.63, 3.8) is 0 Å². The molecule has 0 spiro atoms. The van der Waals surface area contributed by atoms with Crippen molar-refractivity contribution in [3.8, 4) is 0 Å². The maximum absolute atomic E-state index is 12.0. The zero-order valence-electron chi connectivity index (χ0n) is 14.5. The summed E-state index contributed by atoms with van der Waals surface area (Å²) in [4.78, 5) is 20.9. The molecule has 1 N–H and O–H groups in total. The van der Waals surface area contributed by atoms with Crippen LogP contribution in [0.25, 0.3) is 11.1 Å². The molecule has 1 aromatic carbocycles. The molecule has 6 heteroatoms. The van der Waals surface area contributed by atoms with Gasteiger partial charge in [0.1, 0.15) is 5.52 Å². The van der Waals surface area contributed by atoms with E-state index in [4.69, 9.17) is 4.42 Å². The molecule has 6 nitrogen and oxygen atoms in total. The highest BCUT2D eigenvalue weighted by Gasteiger charge is 2.24. The number of likely N-dealkylation sites (tertiary alicyclic amines) is 1. The smallest absolute Gasteiger partial charge is 0.234 e. The van der Waals surface area contributed by atoms with Crippen molar-refractivity contribution in [1.29, 1.82) is 0 Å². The Morgan fingerprint density at radius 1 is 1.42 bits per heavy atom. The summed E-state index contributed by atoms with van der Waals surface area (Å²) in [6.07, 6.45) is 2.71. The minimum Gasteiger partial charge on any atom is -0.441 e. The number of rotatable bonds is 7. The molecule has 130 valence electrons. The molecule has 2 aromatic rings. The molecule has 1 fully saturated rings. The monoisotopic (exact) mass is 330 g/mol. The standard InChI is InChI=1S/C18H26N4O2/c1-21(2)14-9-11-22(12-14)13-17(23)19-10-5-8-18-20-15-6-3-4-7-16(15)24-18/h3-4,6-7,14H,5,8-13H2,1-2H3,(H,19,23)/t14-/m0/s1. The van der Waals surface area contributed by atoms with E-state index in [1.54, 1.807) is 0 Å². The fraction of sp³-hybridized carbons (Fsp3) is 0.556. The minimum atomic E-state index is 0.104. The number of amides is 1. The van der Waals surface area contributed by atoms with Gasteiger partial charge in [-0.25, -0.2) is 4.98 Å². The number of benzene rings is 1. The van der Waals surface area contributed by atoms with Crippen LogP contribution < -0.4 is 5.32 Å². The highest BCUT2D eigenvalue weighted by molar-refractivity contribution is 5.78. The predicted molar refractivity (Wildman–Crippen MR) is 93.9 cm³/mol. The summed E-state index contributed by atoms with van der Waals surface area (Å²) >= 11 is 0. The van der Waals surface area contributed by atoms with Crippen molar-refractivity contribution < 1.29 is 9.21 Å². The van der Waals surface area contributed by atoms with Crippen LogP contribution in [-0.4, -0.2) is 67.0 Å². The Balaban J connectivity index is 1.35. The lowest BCUT2D eigenvalue weighted by Gasteiger charge is -2.20. The third-order valence-corrected chi connectivity index (χ3v) is 4.57. The predicted octanol–water partition coefficient (Wildman–Crippen LogP) is 1.51. The average Bonchev–Trinajstić information content (AvgIpc) is 3.17. The van der Waals surface area contributed by atoms with Crippen LogP contribution in [0.3, 0.4) is 0 Å². The van der Waals surface area contributed by atoms with Gasteiger partial charge in [0.2, 0.25) is 5.91 Å². The highest BCUT2D eigenvalue weighted by atomic mass is 16.3. The summed E-state index contributed by atoms with van der Waals surface area (Å²) < 4.78 is 5.68. The van der Waals surface area contributed by atoms with Gasteiger partial charge in [-0.2, -0.15) is 0 Å². The first-order valence-corrected chi connectivity index (χ1v) is 8.62. The number of aryl methyl sites for hydroxylation is 1. The first kappa shape index (κ1) is 16.9. The molecule has 1 amide bonds. The first-order valence-electron chi connectivity index (χ1n) is 8.62. The van der Waals surface area contributed by atoms with E-state index in [2.05, 4.69) is 34.2 Å². The van der Waals surface area contributed by atoms with Gasteiger partial charge in [0.25, 0.3) is 0 Å². The second-order valence-electron chi connectivity index (χ2n) is 6.67. The zero-order valence-corrected chi connectivity index (χ0v) is 14.5. The lowest BCUT2D eigenvalue weighted by molar-refractivity contribution is -0.122. The number of likely N-dealkylation sites (N-methyl/N-ethyl adjacent to an activating group) is 1. The lowest BCUT2D eigenvalue weighted by atomic mass is 10.2. The average molecular weight is 330 g/mol. The Hall–Kier alpha value is -1.92. The van der Waals surface area contributed by atoms with E-state index in [0.29, 0.717) is 19.1 Å². The second-order valence-corrected chi connectivity index (χ2v) is 6.67. The third-order valence-electron chi connectivity index (χ3n) is 4.57. The number of aromatic nitrogens is 1. The number of carbonyl (C=O) groups is 1. The molecule has 0 bridgehead atoms. The maximum atomic E-state index is 12.0. The SMILES string of the molecule is CN(C)[C@H]1CCN(CC(=O)NCCCc2nc3ccccc3o2)C1. The van der Waals surface area contributed by atoms with E-state index in [1.165, 1.54) is 0 Å². The summed E-state index contributed by atoms with van der Waals surface area (Å²) in [5.41, 5.74) is 1.71. The number of nitrogens with one attached hydrogen (secondary N) is 1. The summed E-state index contributed by atoms with van der Waals surface area (Å²) in [5, 5.41) is 2.99. The number of para-hydroxylation sites is 2.